The van der Waals surface area contributed by atoms with E-state index < -0.39 is 0 Å². The summed E-state index contributed by atoms with van der Waals surface area (Å²) >= 11 is 3.94. The second-order valence-corrected chi connectivity index (χ2v) is 10.0. The average molecular weight is 443 g/mol. The first-order valence-corrected chi connectivity index (χ1v) is 12.2. The van der Waals surface area contributed by atoms with Gasteiger partial charge in [0.2, 0.25) is 5.88 Å². The number of carbonyl (C=O) groups is 1. The van der Waals surface area contributed by atoms with Crippen molar-refractivity contribution in [2.45, 2.75) is 44.1 Å². The summed E-state index contributed by atoms with van der Waals surface area (Å²) in [6.45, 7) is 7.06. The largest absolute Gasteiger partial charge is 0.493 e. The van der Waals surface area contributed by atoms with Crippen LogP contribution in [0.5, 0.6) is 11.6 Å². The van der Waals surface area contributed by atoms with Gasteiger partial charge in [-0.15, -0.1) is 23.5 Å². The number of nitrogens with zero attached hydrogens (tertiary/aromatic N) is 2. The number of hydrogen-bond donors (Lipinski definition) is 0. The normalized spacial score (nSPS) is 14.1. The van der Waals surface area contributed by atoms with E-state index in [0.717, 1.165) is 42.3 Å². The van der Waals surface area contributed by atoms with E-state index in [4.69, 9.17) is 9.47 Å². The molecule has 2 heterocycles. The molecule has 0 aliphatic carbocycles. The summed E-state index contributed by atoms with van der Waals surface area (Å²) in [6.07, 6.45) is 5.03. The van der Waals surface area contributed by atoms with E-state index in [9.17, 15) is 4.79 Å². The molecule has 0 saturated carbocycles. The van der Waals surface area contributed by atoms with E-state index in [2.05, 4.69) is 41.7 Å². The minimum absolute atomic E-state index is 0.0125. The Kier molecular flexibility index (Phi) is 8.06. The molecule has 0 atom stereocenters. The molecule has 2 aromatic rings. The Morgan fingerprint density at radius 3 is 2.63 bits per heavy atom. The minimum atomic E-state index is -0.305. The lowest BCUT2D eigenvalue weighted by Crippen LogP contribution is -2.27. The molecule has 0 unspecified atom stereocenters. The highest BCUT2D eigenvalue weighted by Gasteiger charge is 2.38. The Morgan fingerprint density at radius 2 is 1.97 bits per heavy atom. The number of carbonyl (C=O) groups excluding carboxylic acids is 1. The molecule has 1 aliphatic heterocycles. The van der Waals surface area contributed by atoms with Crippen LogP contribution in [0.3, 0.4) is 0 Å². The lowest BCUT2D eigenvalue weighted by atomic mass is 10.0. The number of fused-ring (bicyclic) bond motifs is 1. The van der Waals surface area contributed by atoms with Gasteiger partial charge < -0.3 is 9.47 Å². The second-order valence-electron chi connectivity index (χ2n) is 6.64. The summed E-state index contributed by atoms with van der Waals surface area (Å²) in [6, 6.07) is 6.13. The lowest BCUT2D eigenvalue weighted by Gasteiger charge is -2.37. The van der Waals surface area contributed by atoms with Crippen LogP contribution in [0.2, 0.25) is 0 Å². The van der Waals surface area contributed by atoms with E-state index in [1.165, 1.54) is 18.0 Å². The van der Waals surface area contributed by atoms with Crippen molar-refractivity contribution in [2.75, 3.05) is 18.1 Å². The Labute approximate surface area is 186 Å². The van der Waals surface area contributed by atoms with E-state index in [0.29, 0.717) is 12.1 Å². The number of aromatic nitrogens is 2. The summed E-state index contributed by atoms with van der Waals surface area (Å²) in [5.41, 5.74) is 2.65. The van der Waals surface area contributed by atoms with Crippen molar-refractivity contribution in [3.63, 3.8) is 0 Å². The predicted molar refractivity (Wildman–Crippen MR) is 123 cm³/mol. The van der Waals surface area contributed by atoms with Gasteiger partial charge in [0.15, 0.2) is 0 Å². The highest BCUT2D eigenvalue weighted by Crippen LogP contribution is 2.54. The van der Waals surface area contributed by atoms with Crippen LogP contribution in [0, 0.1) is 11.8 Å². The van der Waals surface area contributed by atoms with Crippen LogP contribution in [0.25, 0.3) is 0 Å². The second kappa shape index (κ2) is 10.7. The monoisotopic (exact) mass is 442 g/mol. The fourth-order valence-corrected chi connectivity index (χ4v) is 6.27. The number of hydrogen-bond acceptors (Lipinski definition) is 7. The van der Waals surface area contributed by atoms with E-state index in [-0.39, 0.29) is 15.9 Å². The summed E-state index contributed by atoms with van der Waals surface area (Å²) in [5, 5.41) is 0. The Bertz CT molecular complexity index is 930. The molecule has 158 valence electrons. The van der Waals surface area contributed by atoms with Gasteiger partial charge in [-0.1, -0.05) is 26.7 Å². The molecular weight excluding hydrogens is 416 g/mol. The first-order chi connectivity index (χ1) is 14.6. The first-order valence-electron chi connectivity index (χ1n) is 10.2. The Morgan fingerprint density at radius 1 is 1.17 bits per heavy atom. The third-order valence-corrected chi connectivity index (χ3v) is 7.53. The van der Waals surface area contributed by atoms with Crippen molar-refractivity contribution in [3.8, 4) is 23.5 Å². The smallest absolute Gasteiger partial charge is 0.312 e. The molecule has 0 radical (unpaired) electrons. The third kappa shape index (κ3) is 5.50. The summed E-state index contributed by atoms with van der Waals surface area (Å²) in [7, 11) is 0. The van der Waals surface area contributed by atoms with E-state index >= 15 is 0 Å². The molecule has 1 aromatic heterocycles. The van der Waals surface area contributed by atoms with E-state index in [1.54, 1.807) is 0 Å². The van der Waals surface area contributed by atoms with Crippen LogP contribution in [-0.2, 0) is 8.87 Å². The Hall–Kier alpha value is -2.17. The molecule has 0 saturated heterocycles. The molecule has 1 aliphatic rings. The quantitative estimate of drug-likeness (QED) is 0.339. The van der Waals surface area contributed by atoms with Gasteiger partial charge in [0.05, 0.1) is 23.1 Å². The molecule has 0 bridgehead atoms. The number of benzene rings is 1. The fraction of sp³-hybridized carbons (Fsp3) is 0.435. The molecule has 0 N–H and O–H groups in total. The maximum atomic E-state index is 11.5. The predicted octanol–water partition coefficient (Wildman–Crippen LogP) is 5.02. The van der Waals surface area contributed by atoms with Gasteiger partial charge in [0.1, 0.15) is 11.4 Å². The SMILES string of the molecule is CCCC(=O)Oc1cnc(C#Cc2ccc3c(c2)C(SCC)(SCC)CCO3)cn1. The molecule has 7 heteroatoms. The van der Waals surface area contributed by atoms with Crippen LogP contribution in [0.15, 0.2) is 30.6 Å². The van der Waals surface area contributed by atoms with Crippen LogP contribution >= 0.6 is 23.5 Å². The molecule has 30 heavy (non-hydrogen) atoms. The minimum Gasteiger partial charge on any atom is -0.493 e. The van der Waals surface area contributed by atoms with Crippen molar-refractivity contribution in [1.82, 2.24) is 9.97 Å². The van der Waals surface area contributed by atoms with E-state index in [1.807, 2.05) is 42.6 Å². The molecular formula is C23H26N2O3S2. The molecule has 3 rings (SSSR count). The number of esters is 1. The van der Waals surface area contributed by atoms with Gasteiger partial charge in [0.25, 0.3) is 0 Å². The zero-order valence-corrected chi connectivity index (χ0v) is 19.2. The summed E-state index contributed by atoms with van der Waals surface area (Å²) in [5.74, 6) is 9.17. The topological polar surface area (TPSA) is 61.3 Å². The molecule has 0 spiro atoms. The molecule has 1 aromatic carbocycles. The van der Waals surface area contributed by atoms with Gasteiger partial charge in [-0.05, 0) is 42.0 Å². The fourth-order valence-electron chi connectivity index (χ4n) is 3.21. The van der Waals surface area contributed by atoms with Crippen LogP contribution in [0.4, 0.5) is 0 Å². The third-order valence-electron chi connectivity index (χ3n) is 4.47. The standard InChI is InChI=1S/C23H26N2O3S2/c1-4-7-22(26)28-21-16-24-18(15-25-21)10-8-17-9-11-20-19(14-17)23(29-5-2,30-6-3)12-13-27-20/h9,11,14-16H,4-7,12-13H2,1-3H3. The van der Waals surface area contributed by atoms with Gasteiger partial charge in [0, 0.05) is 24.0 Å². The van der Waals surface area contributed by atoms with Crippen molar-refractivity contribution in [1.29, 1.82) is 0 Å². The zero-order valence-electron chi connectivity index (χ0n) is 17.6. The van der Waals surface area contributed by atoms with Crippen LogP contribution < -0.4 is 9.47 Å². The molecule has 0 amide bonds. The highest BCUT2D eigenvalue weighted by atomic mass is 32.2. The maximum Gasteiger partial charge on any atom is 0.312 e. The summed E-state index contributed by atoms with van der Waals surface area (Å²) in [4.78, 5) is 19.9. The van der Waals surface area contributed by atoms with Gasteiger partial charge in [-0.2, -0.15) is 0 Å². The lowest BCUT2D eigenvalue weighted by molar-refractivity contribution is -0.134. The first kappa shape index (κ1) is 22.5. The van der Waals surface area contributed by atoms with Crippen molar-refractivity contribution >= 4 is 29.5 Å². The molecule has 5 nitrogen and oxygen atoms in total. The van der Waals surface area contributed by atoms with Gasteiger partial charge >= 0.3 is 5.97 Å². The van der Waals surface area contributed by atoms with Crippen molar-refractivity contribution < 1.29 is 14.3 Å². The highest BCUT2D eigenvalue weighted by molar-refractivity contribution is 8.17. The zero-order chi connectivity index (χ0) is 21.4. The number of thioether (sulfide) groups is 2. The van der Waals surface area contributed by atoms with Gasteiger partial charge in [-0.3, -0.25) is 4.79 Å². The van der Waals surface area contributed by atoms with Crippen molar-refractivity contribution in [2.24, 2.45) is 0 Å². The number of rotatable bonds is 7. The van der Waals surface area contributed by atoms with Gasteiger partial charge in [-0.25, -0.2) is 9.97 Å². The van der Waals surface area contributed by atoms with Crippen LogP contribution in [0.1, 0.15) is 56.9 Å². The summed E-state index contributed by atoms with van der Waals surface area (Å²) < 4.78 is 11.0. The van der Waals surface area contributed by atoms with Crippen molar-refractivity contribution in [3.05, 3.63) is 47.4 Å². The molecule has 0 fully saturated rings. The average Bonchev–Trinajstić information content (AvgIpc) is 2.74. The number of ether oxygens (including phenoxy) is 2. The Balaban J connectivity index is 1.80. The maximum absolute atomic E-state index is 11.5. The van der Waals surface area contributed by atoms with Crippen LogP contribution in [-0.4, -0.2) is 34.0 Å².